The van der Waals surface area contributed by atoms with Crippen molar-refractivity contribution < 1.29 is 8.76 Å². The van der Waals surface area contributed by atoms with Gasteiger partial charge in [-0.3, -0.25) is 18.1 Å². The van der Waals surface area contributed by atoms with Crippen LogP contribution in [0.25, 0.3) is 45.1 Å². The number of anilines is 1. The molecule has 6 aromatic rings. The number of nitrogens with two attached hydrogens (primary N) is 1. The molecule has 3 aromatic heterocycles. The summed E-state index contributed by atoms with van der Waals surface area (Å²) in [5.74, 6) is 0.849. The third-order valence-corrected chi connectivity index (χ3v) is 7.13. The maximum absolute atomic E-state index is 13.9. The largest absolute Gasteiger partial charge is 0.760 e. The van der Waals surface area contributed by atoms with Crippen LogP contribution in [0.15, 0.2) is 102 Å². The predicted molar refractivity (Wildman–Crippen MR) is 158 cm³/mol. The van der Waals surface area contributed by atoms with E-state index in [1.54, 1.807) is 53.2 Å². The van der Waals surface area contributed by atoms with Crippen LogP contribution in [0.5, 0.6) is 0 Å². The Hall–Kier alpha value is -4.68. The van der Waals surface area contributed by atoms with Gasteiger partial charge in [-0.25, -0.2) is 19.7 Å². The number of nitrogens with zero attached hydrogens (tertiary/aromatic N) is 5. The molecule has 0 amide bonds. The minimum absolute atomic E-state index is 0.120. The first-order valence-corrected chi connectivity index (χ1v) is 13.8. The zero-order valence-corrected chi connectivity index (χ0v) is 22.8. The van der Waals surface area contributed by atoms with Gasteiger partial charge in [0.15, 0.2) is 11.2 Å². The number of pyridine rings is 1. The van der Waals surface area contributed by atoms with Gasteiger partial charge < -0.3 is 10.3 Å². The van der Waals surface area contributed by atoms with Gasteiger partial charge >= 0.3 is 0 Å². The van der Waals surface area contributed by atoms with Crippen LogP contribution < -0.4 is 16.0 Å². The van der Waals surface area contributed by atoms with E-state index in [0.29, 0.717) is 39.3 Å². The van der Waals surface area contributed by atoms with E-state index in [1.165, 1.54) is 10.9 Å². The molecule has 0 fully saturated rings. The van der Waals surface area contributed by atoms with Crippen molar-refractivity contribution in [1.82, 2.24) is 28.8 Å². The van der Waals surface area contributed by atoms with Crippen LogP contribution in [0.4, 0.5) is 5.82 Å². The molecule has 12 heteroatoms. The Kier molecular flexibility index (Phi) is 7.16. The normalized spacial score (nSPS) is 12.0. The van der Waals surface area contributed by atoms with Crippen molar-refractivity contribution in [3.05, 3.63) is 118 Å². The van der Waals surface area contributed by atoms with Crippen molar-refractivity contribution >= 4 is 39.8 Å². The smallest absolute Gasteiger partial charge is 0.286 e. The zero-order valence-electron chi connectivity index (χ0n) is 21.3. The lowest BCUT2D eigenvalue weighted by molar-refractivity contribution is 0.522. The Morgan fingerprint density at radius 3 is 2.34 bits per heavy atom. The first-order chi connectivity index (χ1) is 19.9. The van der Waals surface area contributed by atoms with E-state index in [1.807, 2.05) is 42.5 Å². The molecule has 3 N–H and O–H groups in total. The van der Waals surface area contributed by atoms with Gasteiger partial charge in [0.1, 0.15) is 18.0 Å². The van der Waals surface area contributed by atoms with Crippen molar-refractivity contribution in [2.24, 2.45) is 0 Å². The quantitative estimate of drug-likeness (QED) is 0.265. The number of benzene rings is 3. The second-order valence-electron chi connectivity index (χ2n) is 9.11. The van der Waals surface area contributed by atoms with Gasteiger partial charge in [-0.05, 0) is 59.7 Å². The summed E-state index contributed by atoms with van der Waals surface area (Å²) in [4.78, 5) is 27.5. The fourth-order valence-electron chi connectivity index (χ4n) is 4.51. The molecule has 1 atom stereocenters. The van der Waals surface area contributed by atoms with E-state index in [2.05, 4.69) is 14.7 Å². The molecular formula is C29H21ClN7O3S-. The lowest BCUT2D eigenvalue weighted by Gasteiger charge is -2.14. The number of nitrogens with one attached hydrogen (secondary N) is 1. The van der Waals surface area contributed by atoms with Crippen LogP contribution in [-0.4, -0.2) is 32.8 Å². The molecule has 0 aliphatic rings. The molecule has 3 heterocycles. The topological polar surface area (TPSA) is 144 Å². The van der Waals surface area contributed by atoms with Crippen molar-refractivity contribution in [1.29, 1.82) is 0 Å². The summed E-state index contributed by atoms with van der Waals surface area (Å²) in [5, 5.41) is 0.540. The molecule has 0 saturated carbocycles. The number of fused-ring (bicyclic) bond motifs is 1. The van der Waals surface area contributed by atoms with Crippen LogP contribution in [0, 0.1) is 0 Å². The van der Waals surface area contributed by atoms with Gasteiger partial charge in [-0.1, -0.05) is 48.0 Å². The summed E-state index contributed by atoms with van der Waals surface area (Å²) >= 11 is 3.74. The molecule has 6 rings (SSSR count). The molecule has 10 nitrogen and oxygen atoms in total. The van der Waals surface area contributed by atoms with Crippen molar-refractivity contribution in [3.8, 4) is 33.9 Å². The molecule has 204 valence electrons. The SMILES string of the molecule is Nc1ccc(-c2ccc(-c3nc4c(ncn4-c4cccc(CNS(=O)[O-])c4)c(=O)n3-c3ccc(Cl)cc3)cc2)cn1. The highest BCUT2D eigenvalue weighted by Gasteiger charge is 2.19. The second-order valence-corrected chi connectivity index (χ2v) is 10.3. The van der Waals surface area contributed by atoms with E-state index < -0.39 is 11.3 Å². The van der Waals surface area contributed by atoms with Gasteiger partial charge in [0.05, 0.1) is 5.69 Å². The first-order valence-electron chi connectivity index (χ1n) is 12.4. The predicted octanol–water partition coefficient (Wildman–Crippen LogP) is 4.42. The molecule has 0 aliphatic carbocycles. The third-order valence-electron chi connectivity index (χ3n) is 6.50. The number of nitrogen functional groups attached to an aromatic ring is 1. The van der Waals surface area contributed by atoms with E-state index in [0.717, 1.165) is 16.7 Å². The summed E-state index contributed by atoms with van der Waals surface area (Å²) in [6.45, 7) is 0.120. The lowest BCUT2D eigenvalue weighted by atomic mass is 10.1. The maximum atomic E-state index is 13.9. The Bertz CT molecular complexity index is 1960. The van der Waals surface area contributed by atoms with Crippen LogP contribution in [0.2, 0.25) is 5.02 Å². The molecule has 0 aliphatic heterocycles. The van der Waals surface area contributed by atoms with Crippen LogP contribution in [0.3, 0.4) is 0 Å². The average Bonchev–Trinajstić information content (AvgIpc) is 3.42. The Labute approximate surface area is 241 Å². The van der Waals surface area contributed by atoms with Gasteiger partial charge in [-0.15, -0.1) is 0 Å². The standard InChI is InChI=1S/C29H22ClN7O3S/c30-22-9-11-23(12-10-22)37-27(20-6-4-19(5-7-20)21-8-13-25(31)32-16-21)35-28-26(29(37)38)33-17-36(28)24-3-1-2-18(14-24)15-34-41(39)40/h1-14,16-17,34H,15H2,(H2,31,32)(H,39,40)/p-1. The van der Waals surface area contributed by atoms with Gasteiger partial charge in [0.25, 0.3) is 5.56 Å². The molecule has 41 heavy (non-hydrogen) atoms. The van der Waals surface area contributed by atoms with E-state index in [9.17, 15) is 13.6 Å². The van der Waals surface area contributed by atoms with Crippen molar-refractivity contribution in [2.75, 3.05) is 5.73 Å². The molecule has 1 unspecified atom stereocenters. The van der Waals surface area contributed by atoms with E-state index in [-0.39, 0.29) is 17.6 Å². The van der Waals surface area contributed by atoms with E-state index >= 15 is 0 Å². The van der Waals surface area contributed by atoms with Crippen LogP contribution in [0.1, 0.15) is 5.56 Å². The van der Waals surface area contributed by atoms with Crippen LogP contribution in [-0.2, 0) is 17.8 Å². The summed E-state index contributed by atoms with van der Waals surface area (Å²) in [6.07, 6.45) is 3.24. The number of hydrogen-bond acceptors (Lipinski definition) is 7. The monoisotopic (exact) mass is 582 g/mol. The lowest BCUT2D eigenvalue weighted by Crippen LogP contribution is -2.22. The highest BCUT2D eigenvalue weighted by molar-refractivity contribution is 7.77. The molecule has 0 saturated heterocycles. The number of aromatic nitrogens is 5. The number of imidazole rings is 1. The minimum Gasteiger partial charge on any atom is -0.760 e. The number of hydrogen-bond donors (Lipinski definition) is 2. The second kappa shape index (κ2) is 11.1. The summed E-state index contributed by atoms with van der Waals surface area (Å²) < 4.78 is 27.5. The van der Waals surface area contributed by atoms with Gasteiger partial charge in [0, 0.05) is 45.8 Å². The van der Waals surface area contributed by atoms with Crippen molar-refractivity contribution in [2.45, 2.75) is 6.54 Å². The van der Waals surface area contributed by atoms with Crippen molar-refractivity contribution in [3.63, 3.8) is 0 Å². The third kappa shape index (κ3) is 5.39. The zero-order chi connectivity index (χ0) is 28.5. The molecule has 3 aromatic carbocycles. The number of halogens is 1. The molecule has 0 bridgehead atoms. The average molecular weight is 583 g/mol. The Morgan fingerprint density at radius 2 is 1.63 bits per heavy atom. The summed E-state index contributed by atoms with van der Waals surface area (Å²) in [7, 11) is 0. The number of rotatable bonds is 7. The molecular weight excluding hydrogens is 562 g/mol. The summed E-state index contributed by atoms with van der Waals surface area (Å²) in [6, 6.07) is 25.4. The van der Waals surface area contributed by atoms with Gasteiger partial charge in [0.2, 0.25) is 0 Å². The highest BCUT2D eigenvalue weighted by atomic mass is 35.5. The summed E-state index contributed by atoms with van der Waals surface area (Å²) in [5.41, 5.74) is 10.4. The fourth-order valence-corrected chi connectivity index (χ4v) is 4.92. The Morgan fingerprint density at radius 1 is 0.902 bits per heavy atom. The Balaban J connectivity index is 1.51. The van der Waals surface area contributed by atoms with Crippen LogP contribution >= 0.6 is 11.6 Å². The first kappa shape index (κ1) is 26.5. The minimum atomic E-state index is -2.39. The molecule has 0 spiro atoms. The molecule has 0 radical (unpaired) electrons. The highest BCUT2D eigenvalue weighted by Crippen LogP contribution is 2.27. The van der Waals surface area contributed by atoms with Gasteiger partial charge in [-0.2, -0.15) is 0 Å². The van der Waals surface area contributed by atoms with E-state index in [4.69, 9.17) is 22.3 Å². The fraction of sp³-hybridized carbons (Fsp3) is 0.0345. The maximum Gasteiger partial charge on any atom is 0.286 e.